The maximum Gasteiger partial charge on any atom is 0.126 e. The smallest absolute Gasteiger partial charge is 0.126 e. The van der Waals surface area contributed by atoms with Crippen LogP contribution in [0.15, 0.2) is 18.2 Å². The number of rotatable bonds is 3. The zero-order chi connectivity index (χ0) is 10.7. The molecule has 0 saturated heterocycles. The molecule has 1 aromatic carbocycles. The molecule has 1 atom stereocenters. The van der Waals surface area contributed by atoms with E-state index in [4.69, 9.17) is 0 Å². The monoisotopic (exact) mass is 195 g/mol. The van der Waals surface area contributed by atoms with Crippen molar-refractivity contribution >= 4 is 0 Å². The summed E-state index contributed by atoms with van der Waals surface area (Å²) in [4.78, 5) is 2.14. The van der Waals surface area contributed by atoms with E-state index in [0.29, 0.717) is 5.92 Å². The SMILES string of the molecule is Cc1cc(C(C)CN(C)C)ccc1F. The predicted molar refractivity (Wildman–Crippen MR) is 58.1 cm³/mol. The van der Waals surface area contributed by atoms with Crippen LogP contribution in [-0.4, -0.2) is 25.5 Å². The largest absolute Gasteiger partial charge is 0.309 e. The van der Waals surface area contributed by atoms with Gasteiger partial charge in [-0.3, -0.25) is 0 Å². The Balaban J connectivity index is 2.80. The Labute approximate surface area is 85.5 Å². The molecule has 0 aliphatic heterocycles. The molecule has 14 heavy (non-hydrogen) atoms. The summed E-state index contributed by atoms with van der Waals surface area (Å²) in [7, 11) is 4.10. The molecule has 1 nitrogen and oxygen atoms in total. The van der Waals surface area contributed by atoms with Gasteiger partial charge in [0, 0.05) is 6.54 Å². The van der Waals surface area contributed by atoms with E-state index in [1.165, 1.54) is 5.56 Å². The molecule has 0 aliphatic rings. The van der Waals surface area contributed by atoms with Crippen molar-refractivity contribution < 1.29 is 4.39 Å². The van der Waals surface area contributed by atoms with Gasteiger partial charge in [-0.25, -0.2) is 4.39 Å². The van der Waals surface area contributed by atoms with Crippen LogP contribution in [0.5, 0.6) is 0 Å². The van der Waals surface area contributed by atoms with E-state index in [1.807, 2.05) is 26.2 Å². The minimum Gasteiger partial charge on any atom is -0.309 e. The summed E-state index contributed by atoms with van der Waals surface area (Å²) in [6.45, 7) is 4.96. The lowest BCUT2D eigenvalue weighted by molar-refractivity contribution is 0.383. The molecule has 1 aromatic rings. The zero-order valence-corrected chi connectivity index (χ0v) is 9.34. The van der Waals surface area contributed by atoms with Gasteiger partial charge < -0.3 is 4.90 Å². The summed E-state index contributed by atoms with van der Waals surface area (Å²) in [5.41, 5.74) is 1.94. The molecule has 0 aromatic heterocycles. The van der Waals surface area contributed by atoms with E-state index in [0.717, 1.165) is 12.1 Å². The Kier molecular flexibility index (Phi) is 3.64. The highest BCUT2D eigenvalue weighted by Crippen LogP contribution is 2.18. The minimum absolute atomic E-state index is 0.120. The summed E-state index contributed by atoms with van der Waals surface area (Å²) in [6.07, 6.45) is 0. The number of aryl methyl sites for hydroxylation is 1. The molecule has 2 heteroatoms. The number of halogens is 1. The van der Waals surface area contributed by atoms with Crippen LogP contribution in [-0.2, 0) is 0 Å². The number of benzene rings is 1. The van der Waals surface area contributed by atoms with E-state index in [9.17, 15) is 4.39 Å². The lowest BCUT2D eigenvalue weighted by Gasteiger charge is -2.17. The highest BCUT2D eigenvalue weighted by Gasteiger charge is 2.08. The van der Waals surface area contributed by atoms with Crippen molar-refractivity contribution in [2.24, 2.45) is 0 Å². The van der Waals surface area contributed by atoms with E-state index >= 15 is 0 Å². The van der Waals surface area contributed by atoms with Gasteiger partial charge in [0.15, 0.2) is 0 Å². The van der Waals surface area contributed by atoms with Gasteiger partial charge in [-0.2, -0.15) is 0 Å². The normalized spacial score (nSPS) is 13.3. The second-order valence-corrected chi connectivity index (χ2v) is 4.17. The Bertz CT molecular complexity index is 307. The van der Waals surface area contributed by atoms with Crippen LogP contribution >= 0.6 is 0 Å². The van der Waals surface area contributed by atoms with Crippen molar-refractivity contribution in [1.29, 1.82) is 0 Å². The van der Waals surface area contributed by atoms with Crippen LogP contribution in [0, 0.1) is 12.7 Å². The molecule has 0 saturated carbocycles. The van der Waals surface area contributed by atoms with Gasteiger partial charge in [-0.15, -0.1) is 0 Å². The molecule has 1 rings (SSSR count). The number of likely N-dealkylation sites (N-methyl/N-ethyl adjacent to an activating group) is 1. The summed E-state index contributed by atoms with van der Waals surface area (Å²) >= 11 is 0. The lowest BCUT2D eigenvalue weighted by Crippen LogP contribution is -2.18. The van der Waals surface area contributed by atoms with Gasteiger partial charge in [0.2, 0.25) is 0 Å². The topological polar surface area (TPSA) is 3.24 Å². The van der Waals surface area contributed by atoms with Crippen LogP contribution in [0.25, 0.3) is 0 Å². The molecule has 0 heterocycles. The Hall–Kier alpha value is -0.890. The van der Waals surface area contributed by atoms with E-state index in [-0.39, 0.29) is 5.82 Å². The van der Waals surface area contributed by atoms with Gasteiger partial charge in [-0.05, 0) is 44.1 Å². The fourth-order valence-electron chi connectivity index (χ4n) is 1.63. The number of hydrogen-bond donors (Lipinski definition) is 0. The Morgan fingerprint density at radius 3 is 2.50 bits per heavy atom. The number of nitrogens with zero attached hydrogens (tertiary/aromatic N) is 1. The molecule has 0 amide bonds. The summed E-state index contributed by atoms with van der Waals surface area (Å²) < 4.78 is 13.0. The molecule has 0 fully saturated rings. The quantitative estimate of drug-likeness (QED) is 0.717. The van der Waals surface area contributed by atoms with Crippen molar-refractivity contribution in [3.63, 3.8) is 0 Å². The summed E-state index contributed by atoms with van der Waals surface area (Å²) in [5, 5.41) is 0. The third-order valence-electron chi connectivity index (χ3n) is 2.39. The van der Waals surface area contributed by atoms with Crippen molar-refractivity contribution in [1.82, 2.24) is 4.90 Å². The van der Waals surface area contributed by atoms with E-state index < -0.39 is 0 Å². The molecular weight excluding hydrogens is 177 g/mol. The first-order valence-electron chi connectivity index (χ1n) is 4.91. The molecule has 0 N–H and O–H groups in total. The van der Waals surface area contributed by atoms with Gasteiger partial charge in [0.05, 0.1) is 0 Å². The molecule has 0 radical (unpaired) electrons. The maximum atomic E-state index is 13.0. The standard InChI is InChI=1S/C12H18FN/c1-9-7-11(5-6-12(9)13)10(2)8-14(3)4/h5-7,10H,8H2,1-4H3. The highest BCUT2D eigenvalue weighted by atomic mass is 19.1. The first-order valence-corrected chi connectivity index (χ1v) is 4.91. The van der Waals surface area contributed by atoms with Crippen molar-refractivity contribution in [3.8, 4) is 0 Å². The van der Waals surface area contributed by atoms with Gasteiger partial charge in [0.25, 0.3) is 0 Å². The van der Waals surface area contributed by atoms with Crippen molar-refractivity contribution in [2.45, 2.75) is 19.8 Å². The fourth-order valence-corrected chi connectivity index (χ4v) is 1.63. The summed E-state index contributed by atoms with van der Waals surface area (Å²) in [5.74, 6) is 0.329. The van der Waals surface area contributed by atoms with Crippen LogP contribution in [0.1, 0.15) is 24.0 Å². The fraction of sp³-hybridized carbons (Fsp3) is 0.500. The highest BCUT2D eigenvalue weighted by molar-refractivity contribution is 5.26. The molecular formula is C12H18FN. The molecule has 0 bridgehead atoms. The second kappa shape index (κ2) is 4.56. The zero-order valence-electron chi connectivity index (χ0n) is 9.34. The minimum atomic E-state index is -0.120. The van der Waals surface area contributed by atoms with E-state index in [1.54, 1.807) is 13.0 Å². The molecule has 0 aliphatic carbocycles. The second-order valence-electron chi connectivity index (χ2n) is 4.17. The van der Waals surface area contributed by atoms with Crippen LogP contribution in [0.4, 0.5) is 4.39 Å². The predicted octanol–water partition coefficient (Wildman–Crippen LogP) is 2.80. The van der Waals surface area contributed by atoms with Crippen LogP contribution < -0.4 is 0 Å². The maximum absolute atomic E-state index is 13.0. The van der Waals surface area contributed by atoms with Crippen LogP contribution in [0.3, 0.4) is 0 Å². The van der Waals surface area contributed by atoms with Gasteiger partial charge in [-0.1, -0.05) is 19.1 Å². The van der Waals surface area contributed by atoms with Gasteiger partial charge >= 0.3 is 0 Å². The van der Waals surface area contributed by atoms with Crippen molar-refractivity contribution in [3.05, 3.63) is 35.1 Å². The third kappa shape index (κ3) is 2.81. The molecule has 78 valence electrons. The number of hydrogen-bond acceptors (Lipinski definition) is 1. The molecule has 1 unspecified atom stereocenters. The molecule has 0 spiro atoms. The first-order chi connectivity index (χ1) is 6.50. The van der Waals surface area contributed by atoms with Crippen molar-refractivity contribution in [2.75, 3.05) is 20.6 Å². The average Bonchev–Trinajstić information content (AvgIpc) is 2.08. The summed E-state index contributed by atoms with van der Waals surface area (Å²) in [6, 6.07) is 5.36. The average molecular weight is 195 g/mol. The first kappa shape index (κ1) is 11.2. The Morgan fingerprint density at radius 1 is 1.36 bits per heavy atom. The third-order valence-corrected chi connectivity index (χ3v) is 2.39. The van der Waals surface area contributed by atoms with Crippen LogP contribution in [0.2, 0.25) is 0 Å². The Morgan fingerprint density at radius 2 is 2.00 bits per heavy atom. The van der Waals surface area contributed by atoms with Gasteiger partial charge in [0.1, 0.15) is 5.82 Å². The lowest BCUT2D eigenvalue weighted by atomic mass is 9.99. The van der Waals surface area contributed by atoms with E-state index in [2.05, 4.69) is 11.8 Å².